The molecule has 1 rings (SSSR count). The smallest absolute Gasteiger partial charge is 0.326 e. The molecule has 2 atom stereocenters. The van der Waals surface area contributed by atoms with Gasteiger partial charge in [0, 0.05) is 7.05 Å². The molecule has 0 bridgehead atoms. The van der Waals surface area contributed by atoms with Crippen LogP contribution in [0.1, 0.15) is 19.3 Å². The minimum Gasteiger partial charge on any atom is -0.480 e. The summed E-state index contributed by atoms with van der Waals surface area (Å²) in [6.45, 7) is 0. The first-order valence-electron chi connectivity index (χ1n) is 5.01. The third kappa shape index (κ3) is 3.27. The molecule has 0 heterocycles. The van der Waals surface area contributed by atoms with Crippen LogP contribution < -0.4 is 10.6 Å². The molecule has 2 amide bonds. The van der Waals surface area contributed by atoms with Crippen LogP contribution in [0.3, 0.4) is 0 Å². The summed E-state index contributed by atoms with van der Waals surface area (Å²) in [4.78, 5) is 22.0. The van der Waals surface area contributed by atoms with Gasteiger partial charge in [0.1, 0.15) is 6.04 Å². The lowest BCUT2D eigenvalue weighted by molar-refractivity contribution is -0.140. The maximum absolute atomic E-state index is 11.1. The van der Waals surface area contributed by atoms with Gasteiger partial charge >= 0.3 is 12.0 Å². The number of amides is 2. The van der Waals surface area contributed by atoms with E-state index in [0.29, 0.717) is 6.42 Å². The molecule has 15 heavy (non-hydrogen) atoms. The van der Waals surface area contributed by atoms with Crippen LogP contribution in [-0.2, 0) is 4.79 Å². The number of rotatable bonds is 3. The van der Waals surface area contributed by atoms with Crippen molar-refractivity contribution in [1.29, 1.82) is 0 Å². The average molecular weight is 212 g/mol. The van der Waals surface area contributed by atoms with Crippen LogP contribution in [-0.4, -0.2) is 30.2 Å². The van der Waals surface area contributed by atoms with Crippen molar-refractivity contribution in [2.45, 2.75) is 25.3 Å². The second kappa shape index (κ2) is 5.38. The van der Waals surface area contributed by atoms with E-state index in [2.05, 4.69) is 10.6 Å². The molecule has 0 spiro atoms. The Kier molecular flexibility index (Phi) is 4.15. The molecule has 0 aromatic rings. The summed E-state index contributed by atoms with van der Waals surface area (Å²) in [5.41, 5.74) is 0. The molecule has 0 saturated heterocycles. The van der Waals surface area contributed by atoms with Crippen molar-refractivity contribution in [2.75, 3.05) is 7.05 Å². The van der Waals surface area contributed by atoms with E-state index in [1.807, 2.05) is 12.2 Å². The standard InChI is InChI=1S/C10H16N2O3/c1-11-10(15)12-8(9(13)14)7-5-3-2-4-6-7/h2-3,7-8H,4-6H2,1H3,(H,13,14)(H2,11,12,15). The van der Waals surface area contributed by atoms with Gasteiger partial charge in [-0.15, -0.1) is 0 Å². The highest BCUT2D eigenvalue weighted by molar-refractivity contribution is 5.82. The average Bonchev–Trinajstić information content (AvgIpc) is 2.26. The zero-order chi connectivity index (χ0) is 11.3. The van der Waals surface area contributed by atoms with Gasteiger partial charge in [-0.2, -0.15) is 0 Å². The molecule has 0 aliphatic heterocycles. The molecule has 3 N–H and O–H groups in total. The Bertz CT molecular complexity index is 276. The summed E-state index contributed by atoms with van der Waals surface area (Å²) in [5.74, 6) is -0.983. The number of carbonyl (C=O) groups excluding carboxylic acids is 1. The summed E-state index contributed by atoms with van der Waals surface area (Å²) >= 11 is 0. The minimum absolute atomic E-state index is 0.00944. The Morgan fingerprint density at radius 1 is 1.47 bits per heavy atom. The maximum atomic E-state index is 11.1. The number of carbonyl (C=O) groups is 2. The Balaban J connectivity index is 2.60. The van der Waals surface area contributed by atoms with Gasteiger partial charge in [-0.3, -0.25) is 0 Å². The fourth-order valence-corrected chi connectivity index (χ4v) is 1.71. The van der Waals surface area contributed by atoms with Gasteiger partial charge in [-0.1, -0.05) is 12.2 Å². The lowest BCUT2D eigenvalue weighted by Crippen LogP contribution is -2.49. The largest absolute Gasteiger partial charge is 0.480 e. The highest BCUT2D eigenvalue weighted by atomic mass is 16.4. The van der Waals surface area contributed by atoms with Crippen LogP contribution >= 0.6 is 0 Å². The van der Waals surface area contributed by atoms with Crippen molar-refractivity contribution in [3.8, 4) is 0 Å². The van der Waals surface area contributed by atoms with Gasteiger partial charge in [-0.05, 0) is 25.2 Å². The van der Waals surface area contributed by atoms with Crippen LogP contribution in [0.2, 0.25) is 0 Å². The van der Waals surface area contributed by atoms with Crippen molar-refractivity contribution in [3.63, 3.8) is 0 Å². The van der Waals surface area contributed by atoms with Gasteiger partial charge in [0.25, 0.3) is 0 Å². The topological polar surface area (TPSA) is 78.4 Å². The maximum Gasteiger partial charge on any atom is 0.326 e. The summed E-state index contributed by atoms with van der Waals surface area (Å²) in [6.07, 6.45) is 6.40. The van der Waals surface area contributed by atoms with Crippen molar-refractivity contribution in [3.05, 3.63) is 12.2 Å². The van der Waals surface area contributed by atoms with Gasteiger partial charge in [0.15, 0.2) is 0 Å². The van der Waals surface area contributed by atoms with Crippen LogP contribution in [0.15, 0.2) is 12.2 Å². The molecule has 1 aliphatic rings. The number of hydrogen-bond acceptors (Lipinski definition) is 2. The Morgan fingerprint density at radius 2 is 2.20 bits per heavy atom. The predicted molar refractivity (Wildman–Crippen MR) is 55.5 cm³/mol. The van der Waals surface area contributed by atoms with Crippen molar-refractivity contribution in [1.82, 2.24) is 10.6 Å². The number of aliphatic carboxylic acids is 1. The van der Waals surface area contributed by atoms with Crippen molar-refractivity contribution in [2.24, 2.45) is 5.92 Å². The fourth-order valence-electron chi connectivity index (χ4n) is 1.71. The summed E-state index contributed by atoms with van der Waals surface area (Å²) in [6, 6.07) is -1.24. The molecular formula is C10H16N2O3. The number of carboxylic acids is 1. The first-order chi connectivity index (χ1) is 7.15. The lowest BCUT2D eigenvalue weighted by Gasteiger charge is -2.25. The molecular weight excluding hydrogens is 196 g/mol. The van der Waals surface area contributed by atoms with Gasteiger partial charge < -0.3 is 15.7 Å². The monoisotopic (exact) mass is 212 g/mol. The molecule has 1 aliphatic carbocycles. The van der Waals surface area contributed by atoms with E-state index < -0.39 is 18.0 Å². The summed E-state index contributed by atoms with van der Waals surface area (Å²) in [5, 5.41) is 13.8. The zero-order valence-corrected chi connectivity index (χ0v) is 8.69. The van der Waals surface area contributed by atoms with Crippen molar-refractivity contribution < 1.29 is 14.7 Å². The van der Waals surface area contributed by atoms with E-state index in [1.165, 1.54) is 7.05 Å². The second-order valence-corrected chi connectivity index (χ2v) is 3.58. The van der Waals surface area contributed by atoms with Gasteiger partial charge in [0.05, 0.1) is 0 Å². The molecule has 0 radical (unpaired) electrons. The van der Waals surface area contributed by atoms with Crippen LogP contribution in [0.25, 0.3) is 0 Å². The fraction of sp³-hybridized carbons (Fsp3) is 0.600. The molecule has 0 saturated carbocycles. The van der Waals surface area contributed by atoms with Gasteiger partial charge in [0.2, 0.25) is 0 Å². The predicted octanol–water partition coefficient (Wildman–Crippen LogP) is 0.725. The number of urea groups is 1. The first kappa shape index (κ1) is 11.6. The molecule has 0 fully saturated rings. The third-order valence-electron chi connectivity index (χ3n) is 2.56. The molecule has 2 unspecified atom stereocenters. The molecule has 5 heteroatoms. The van der Waals surface area contributed by atoms with E-state index in [9.17, 15) is 9.59 Å². The Morgan fingerprint density at radius 3 is 2.67 bits per heavy atom. The lowest BCUT2D eigenvalue weighted by atomic mass is 9.88. The zero-order valence-electron chi connectivity index (χ0n) is 8.69. The normalized spacial score (nSPS) is 21.8. The molecule has 5 nitrogen and oxygen atoms in total. The van der Waals surface area contributed by atoms with Crippen LogP contribution in [0, 0.1) is 5.92 Å². The highest BCUT2D eigenvalue weighted by Gasteiger charge is 2.29. The minimum atomic E-state index is -0.973. The van der Waals surface area contributed by atoms with E-state index in [4.69, 9.17) is 5.11 Å². The SMILES string of the molecule is CNC(=O)NC(C(=O)O)C1CC=CCC1. The van der Waals surface area contributed by atoms with Crippen LogP contribution in [0.4, 0.5) is 4.79 Å². The van der Waals surface area contributed by atoms with E-state index in [-0.39, 0.29) is 5.92 Å². The van der Waals surface area contributed by atoms with E-state index in [1.54, 1.807) is 0 Å². The Hall–Kier alpha value is -1.52. The van der Waals surface area contributed by atoms with E-state index in [0.717, 1.165) is 12.8 Å². The highest BCUT2D eigenvalue weighted by Crippen LogP contribution is 2.21. The summed E-state index contributed by atoms with van der Waals surface area (Å²) in [7, 11) is 1.47. The second-order valence-electron chi connectivity index (χ2n) is 3.58. The Labute approximate surface area is 88.5 Å². The number of allylic oxidation sites excluding steroid dienone is 2. The molecule has 0 aromatic heterocycles. The number of hydrogen-bond donors (Lipinski definition) is 3. The van der Waals surface area contributed by atoms with Crippen molar-refractivity contribution >= 4 is 12.0 Å². The first-order valence-corrected chi connectivity index (χ1v) is 5.01. The number of nitrogens with one attached hydrogen (secondary N) is 2. The van der Waals surface area contributed by atoms with Gasteiger partial charge in [-0.25, -0.2) is 9.59 Å². The quantitative estimate of drug-likeness (QED) is 0.603. The van der Waals surface area contributed by atoms with E-state index >= 15 is 0 Å². The molecule has 0 aromatic carbocycles. The molecule has 84 valence electrons. The number of carboxylic acid groups (broad SMARTS) is 1. The van der Waals surface area contributed by atoms with Crippen LogP contribution in [0.5, 0.6) is 0 Å². The third-order valence-corrected chi connectivity index (χ3v) is 2.56. The summed E-state index contributed by atoms with van der Waals surface area (Å²) < 4.78 is 0.